The van der Waals surface area contributed by atoms with Crippen LogP contribution in [-0.2, 0) is 5.41 Å². The highest BCUT2D eigenvalue weighted by Gasteiger charge is 2.21. The van der Waals surface area contributed by atoms with Crippen molar-refractivity contribution in [3.05, 3.63) is 11.5 Å². The van der Waals surface area contributed by atoms with E-state index in [9.17, 15) is 0 Å². The van der Waals surface area contributed by atoms with Gasteiger partial charge in [0.15, 0.2) is 0 Å². The van der Waals surface area contributed by atoms with E-state index in [-0.39, 0.29) is 5.41 Å². The summed E-state index contributed by atoms with van der Waals surface area (Å²) in [5.41, 5.74) is 1.12. The van der Waals surface area contributed by atoms with Crippen LogP contribution in [0.4, 0.5) is 0 Å². The fourth-order valence-electron chi connectivity index (χ4n) is 1.13. The molecular weight excluding hydrogens is 152 g/mol. The zero-order valence-electron chi connectivity index (χ0n) is 8.36. The normalized spacial score (nSPS) is 11.8. The molecule has 0 bridgehead atoms. The summed E-state index contributed by atoms with van der Waals surface area (Å²) in [6, 6.07) is 0. The SMILES string of the molecule is COc1nc(C)[nH]c1C(C)(C)C. The van der Waals surface area contributed by atoms with E-state index in [1.54, 1.807) is 7.11 Å². The molecule has 3 nitrogen and oxygen atoms in total. The Morgan fingerprint density at radius 1 is 1.33 bits per heavy atom. The highest BCUT2D eigenvalue weighted by atomic mass is 16.5. The molecule has 3 heteroatoms. The lowest BCUT2D eigenvalue weighted by Gasteiger charge is -2.16. The molecule has 68 valence electrons. The maximum atomic E-state index is 5.15. The third-order valence-corrected chi connectivity index (χ3v) is 1.73. The number of hydrogen-bond donors (Lipinski definition) is 1. The predicted molar refractivity (Wildman–Crippen MR) is 48.6 cm³/mol. The summed E-state index contributed by atoms with van der Waals surface area (Å²) in [4.78, 5) is 7.42. The summed E-state index contributed by atoms with van der Waals surface area (Å²) in [6.07, 6.45) is 0. The first-order chi connectivity index (χ1) is 5.45. The van der Waals surface area contributed by atoms with Crippen molar-refractivity contribution in [2.24, 2.45) is 0 Å². The number of aromatic amines is 1. The number of ether oxygens (including phenoxy) is 1. The van der Waals surface area contributed by atoms with E-state index < -0.39 is 0 Å². The Kier molecular flexibility index (Phi) is 2.13. The van der Waals surface area contributed by atoms with Crippen LogP contribution in [-0.4, -0.2) is 17.1 Å². The summed E-state index contributed by atoms with van der Waals surface area (Å²) in [7, 11) is 1.64. The van der Waals surface area contributed by atoms with Gasteiger partial charge >= 0.3 is 0 Å². The van der Waals surface area contributed by atoms with Crippen LogP contribution in [0.5, 0.6) is 5.88 Å². The Hall–Kier alpha value is -0.990. The minimum Gasteiger partial charge on any atom is -0.480 e. The van der Waals surface area contributed by atoms with Crippen molar-refractivity contribution in [1.29, 1.82) is 0 Å². The monoisotopic (exact) mass is 168 g/mol. The molecule has 12 heavy (non-hydrogen) atoms. The fourth-order valence-corrected chi connectivity index (χ4v) is 1.13. The van der Waals surface area contributed by atoms with Gasteiger partial charge < -0.3 is 9.72 Å². The van der Waals surface area contributed by atoms with Crippen molar-refractivity contribution in [2.75, 3.05) is 7.11 Å². The van der Waals surface area contributed by atoms with Crippen molar-refractivity contribution < 1.29 is 4.74 Å². The van der Waals surface area contributed by atoms with E-state index in [4.69, 9.17) is 4.74 Å². The van der Waals surface area contributed by atoms with Crippen LogP contribution in [0.15, 0.2) is 0 Å². The smallest absolute Gasteiger partial charge is 0.235 e. The molecule has 1 N–H and O–H groups in total. The van der Waals surface area contributed by atoms with E-state index >= 15 is 0 Å². The van der Waals surface area contributed by atoms with E-state index in [0.29, 0.717) is 5.88 Å². The van der Waals surface area contributed by atoms with Crippen LogP contribution in [0.1, 0.15) is 32.3 Å². The summed E-state index contributed by atoms with van der Waals surface area (Å²) in [6.45, 7) is 8.31. The topological polar surface area (TPSA) is 37.9 Å². The molecule has 1 rings (SSSR count). The number of nitrogens with one attached hydrogen (secondary N) is 1. The second-order valence-corrected chi connectivity index (χ2v) is 3.96. The zero-order valence-corrected chi connectivity index (χ0v) is 8.36. The molecule has 0 aliphatic carbocycles. The molecule has 0 unspecified atom stereocenters. The maximum absolute atomic E-state index is 5.15. The van der Waals surface area contributed by atoms with Gasteiger partial charge in [0.05, 0.1) is 12.8 Å². The van der Waals surface area contributed by atoms with Gasteiger partial charge in [-0.15, -0.1) is 0 Å². The van der Waals surface area contributed by atoms with Crippen LogP contribution in [0.25, 0.3) is 0 Å². The van der Waals surface area contributed by atoms with Crippen molar-refractivity contribution in [2.45, 2.75) is 33.1 Å². The third-order valence-electron chi connectivity index (χ3n) is 1.73. The molecule has 0 saturated carbocycles. The first kappa shape index (κ1) is 9.10. The molecule has 0 saturated heterocycles. The quantitative estimate of drug-likeness (QED) is 0.696. The van der Waals surface area contributed by atoms with Gasteiger partial charge in [-0.3, -0.25) is 0 Å². The molecule has 0 aliphatic heterocycles. The predicted octanol–water partition coefficient (Wildman–Crippen LogP) is 2.02. The number of H-pyrrole nitrogens is 1. The van der Waals surface area contributed by atoms with Crippen LogP contribution in [0, 0.1) is 6.92 Å². The molecule has 0 atom stereocenters. The Balaban J connectivity index is 3.13. The summed E-state index contributed by atoms with van der Waals surface area (Å²) in [5, 5.41) is 0. The highest BCUT2D eigenvalue weighted by Crippen LogP contribution is 2.28. The van der Waals surface area contributed by atoms with Crippen molar-refractivity contribution in [1.82, 2.24) is 9.97 Å². The van der Waals surface area contributed by atoms with Gasteiger partial charge in [-0.25, -0.2) is 0 Å². The molecule has 0 spiro atoms. The number of nitrogens with zero attached hydrogens (tertiary/aromatic N) is 1. The van der Waals surface area contributed by atoms with Gasteiger partial charge in [-0.05, 0) is 6.92 Å². The number of rotatable bonds is 1. The molecule has 1 aromatic rings. The molecular formula is C9H16N2O. The first-order valence-electron chi connectivity index (χ1n) is 4.06. The van der Waals surface area contributed by atoms with Crippen LogP contribution >= 0.6 is 0 Å². The third kappa shape index (κ3) is 1.60. The molecule has 0 amide bonds. The average molecular weight is 168 g/mol. The molecule has 0 aliphatic rings. The van der Waals surface area contributed by atoms with Crippen LogP contribution in [0.2, 0.25) is 0 Å². The average Bonchev–Trinajstić information content (AvgIpc) is 2.29. The van der Waals surface area contributed by atoms with Crippen molar-refractivity contribution in [3.8, 4) is 5.88 Å². The van der Waals surface area contributed by atoms with Gasteiger partial charge in [0.2, 0.25) is 5.88 Å². The molecule has 0 aromatic carbocycles. The van der Waals surface area contributed by atoms with Gasteiger partial charge in [0.1, 0.15) is 5.82 Å². The minimum absolute atomic E-state index is 0.0621. The lowest BCUT2D eigenvalue weighted by Crippen LogP contribution is -2.13. The van der Waals surface area contributed by atoms with E-state index in [1.165, 1.54) is 0 Å². The largest absolute Gasteiger partial charge is 0.480 e. The maximum Gasteiger partial charge on any atom is 0.235 e. The van der Waals surface area contributed by atoms with Crippen molar-refractivity contribution in [3.63, 3.8) is 0 Å². The van der Waals surface area contributed by atoms with Crippen LogP contribution in [0.3, 0.4) is 0 Å². The minimum atomic E-state index is 0.0621. The molecule has 1 heterocycles. The van der Waals surface area contributed by atoms with Gasteiger partial charge in [0.25, 0.3) is 0 Å². The van der Waals surface area contributed by atoms with E-state index in [1.807, 2.05) is 6.92 Å². The molecule has 0 radical (unpaired) electrons. The Morgan fingerprint density at radius 2 is 1.92 bits per heavy atom. The fraction of sp³-hybridized carbons (Fsp3) is 0.667. The first-order valence-corrected chi connectivity index (χ1v) is 4.06. The number of hydrogen-bond acceptors (Lipinski definition) is 2. The van der Waals surface area contributed by atoms with Gasteiger partial charge in [0, 0.05) is 5.41 Å². The number of aryl methyl sites for hydroxylation is 1. The second-order valence-electron chi connectivity index (χ2n) is 3.96. The number of aromatic nitrogens is 2. The molecule has 0 fully saturated rings. The van der Waals surface area contributed by atoms with Gasteiger partial charge in [-0.1, -0.05) is 20.8 Å². The highest BCUT2D eigenvalue weighted by molar-refractivity contribution is 5.27. The van der Waals surface area contributed by atoms with Gasteiger partial charge in [-0.2, -0.15) is 4.98 Å². The standard InChI is InChI=1S/C9H16N2O/c1-6-10-7(9(2,3)4)8(11-6)12-5/h1-5H3,(H,10,11). The number of methoxy groups -OCH3 is 1. The van der Waals surface area contributed by atoms with Crippen LogP contribution < -0.4 is 4.74 Å². The summed E-state index contributed by atoms with van der Waals surface area (Å²) >= 11 is 0. The van der Waals surface area contributed by atoms with E-state index in [0.717, 1.165) is 11.5 Å². The lowest BCUT2D eigenvalue weighted by atomic mass is 9.92. The van der Waals surface area contributed by atoms with E-state index in [2.05, 4.69) is 30.7 Å². The second kappa shape index (κ2) is 2.81. The zero-order chi connectivity index (χ0) is 9.35. The van der Waals surface area contributed by atoms with Crippen molar-refractivity contribution >= 4 is 0 Å². The Morgan fingerprint density at radius 3 is 2.25 bits per heavy atom. The molecule has 1 aromatic heterocycles. The Bertz CT molecular complexity index is 271. The summed E-state index contributed by atoms with van der Waals surface area (Å²) in [5.74, 6) is 1.61. The number of imidazole rings is 1. The Labute approximate surface area is 73.2 Å². The lowest BCUT2D eigenvalue weighted by molar-refractivity contribution is 0.382. The summed E-state index contributed by atoms with van der Waals surface area (Å²) < 4.78 is 5.15.